The fourth-order valence-electron chi connectivity index (χ4n) is 2.73. The second-order valence-corrected chi connectivity index (χ2v) is 5.03. The number of hydrogen-bond acceptors (Lipinski definition) is 2. The molecule has 3 heteroatoms. The maximum Gasteiger partial charge on any atom is 0.229 e. The van der Waals surface area contributed by atoms with Gasteiger partial charge < -0.3 is 0 Å². The molecule has 1 unspecified atom stereocenters. The van der Waals surface area contributed by atoms with Gasteiger partial charge in [-0.15, -0.1) is 0 Å². The summed E-state index contributed by atoms with van der Waals surface area (Å²) in [6.45, 7) is 0. The highest BCUT2D eigenvalue weighted by Crippen LogP contribution is 2.30. The van der Waals surface area contributed by atoms with E-state index in [1.807, 2.05) is 12.1 Å². The summed E-state index contributed by atoms with van der Waals surface area (Å²) < 4.78 is 0. The second-order valence-electron chi connectivity index (χ2n) is 5.03. The van der Waals surface area contributed by atoms with E-state index >= 15 is 0 Å². The van der Waals surface area contributed by atoms with Crippen LogP contribution in [0.2, 0.25) is 0 Å². The Bertz CT molecular complexity index is 545. The predicted molar refractivity (Wildman–Crippen MR) is 68.6 cm³/mol. The highest BCUT2D eigenvalue weighted by atomic mass is 16.2. The maximum atomic E-state index is 11.7. The van der Waals surface area contributed by atoms with Crippen molar-refractivity contribution in [2.75, 3.05) is 0 Å². The van der Waals surface area contributed by atoms with Gasteiger partial charge in [0.1, 0.15) is 0 Å². The topological polar surface area (TPSA) is 46.2 Å². The normalized spacial score (nSPS) is 22.4. The molecule has 0 radical (unpaired) electrons. The van der Waals surface area contributed by atoms with Gasteiger partial charge in [0.2, 0.25) is 11.8 Å². The van der Waals surface area contributed by atoms with Crippen LogP contribution in [0.5, 0.6) is 0 Å². The average molecular weight is 241 g/mol. The molecule has 2 aliphatic rings. The molecule has 1 aromatic carbocycles. The number of nitrogens with one attached hydrogen (secondary N) is 1. The SMILES string of the molecule is O=C1CCC(CC2=Cc3ccccc3C2)C(=O)N1. The first kappa shape index (κ1) is 11.2. The number of carbonyl (C=O) groups is 2. The molecule has 1 aromatic rings. The number of amides is 2. The van der Waals surface area contributed by atoms with Crippen molar-refractivity contribution in [1.29, 1.82) is 0 Å². The molecule has 0 aromatic heterocycles. The summed E-state index contributed by atoms with van der Waals surface area (Å²) in [5.41, 5.74) is 3.89. The molecule has 1 aliphatic heterocycles. The van der Waals surface area contributed by atoms with E-state index in [0.717, 1.165) is 12.8 Å². The van der Waals surface area contributed by atoms with E-state index in [0.29, 0.717) is 12.8 Å². The molecular formula is C15H15NO2. The number of benzene rings is 1. The molecule has 92 valence electrons. The lowest BCUT2D eigenvalue weighted by Crippen LogP contribution is -2.40. The largest absolute Gasteiger partial charge is 0.296 e. The van der Waals surface area contributed by atoms with Gasteiger partial charge in [-0.2, -0.15) is 0 Å². The summed E-state index contributed by atoms with van der Waals surface area (Å²) in [5.74, 6) is -0.286. The number of hydrogen-bond donors (Lipinski definition) is 1. The summed E-state index contributed by atoms with van der Waals surface area (Å²) >= 11 is 0. The minimum atomic E-state index is -0.139. The summed E-state index contributed by atoms with van der Waals surface area (Å²) in [4.78, 5) is 22.8. The molecular weight excluding hydrogens is 226 g/mol. The number of fused-ring (bicyclic) bond motifs is 1. The van der Waals surface area contributed by atoms with E-state index in [9.17, 15) is 9.59 Å². The van der Waals surface area contributed by atoms with E-state index in [1.54, 1.807) is 0 Å². The van der Waals surface area contributed by atoms with Gasteiger partial charge in [-0.25, -0.2) is 0 Å². The minimum Gasteiger partial charge on any atom is -0.296 e. The first-order valence-corrected chi connectivity index (χ1v) is 6.33. The smallest absolute Gasteiger partial charge is 0.229 e. The molecule has 2 amide bonds. The lowest BCUT2D eigenvalue weighted by Gasteiger charge is -2.21. The molecule has 1 saturated heterocycles. The number of piperidine rings is 1. The molecule has 3 nitrogen and oxygen atoms in total. The quantitative estimate of drug-likeness (QED) is 0.806. The Hall–Kier alpha value is -1.90. The van der Waals surface area contributed by atoms with Crippen LogP contribution in [0.4, 0.5) is 0 Å². The Labute approximate surface area is 106 Å². The van der Waals surface area contributed by atoms with Gasteiger partial charge in [0, 0.05) is 12.3 Å². The Morgan fingerprint density at radius 3 is 2.83 bits per heavy atom. The van der Waals surface area contributed by atoms with E-state index in [1.165, 1.54) is 16.7 Å². The van der Waals surface area contributed by atoms with E-state index < -0.39 is 0 Å². The standard InChI is InChI=1S/C15H15NO2/c17-14-6-5-13(15(18)16-14)9-10-7-11-3-1-2-4-12(11)8-10/h1-4,7,13H,5-6,8-9H2,(H,16,17,18). The lowest BCUT2D eigenvalue weighted by atomic mass is 9.90. The Kier molecular flexibility index (Phi) is 2.74. The van der Waals surface area contributed by atoms with Crippen LogP contribution in [0.25, 0.3) is 6.08 Å². The zero-order chi connectivity index (χ0) is 12.5. The number of carbonyl (C=O) groups excluding carboxylic acids is 2. The van der Waals surface area contributed by atoms with Crippen molar-refractivity contribution in [2.45, 2.75) is 25.7 Å². The first-order chi connectivity index (χ1) is 8.72. The maximum absolute atomic E-state index is 11.7. The van der Waals surface area contributed by atoms with Crippen molar-refractivity contribution in [2.24, 2.45) is 5.92 Å². The summed E-state index contributed by atoms with van der Waals surface area (Å²) in [5, 5.41) is 2.42. The van der Waals surface area contributed by atoms with Crippen molar-refractivity contribution in [1.82, 2.24) is 5.32 Å². The Morgan fingerprint density at radius 2 is 2.06 bits per heavy atom. The first-order valence-electron chi connectivity index (χ1n) is 6.33. The van der Waals surface area contributed by atoms with Crippen LogP contribution in [-0.2, 0) is 16.0 Å². The van der Waals surface area contributed by atoms with Crippen molar-refractivity contribution in [3.63, 3.8) is 0 Å². The van der Waals surface area contributed by atoms with Crippen molar-refractivity contribution >= 4 is 17.9 Å². The van der Waals surface area contributed by atoms with Crippen LogP contribution < -0.4 is 5.32 Å². The van der Waals surface area contributed by atoms with Gasteiger partial charge in [0.05, 0.1) is 0 Å². The van der Waals surface area contributed by atoms with Crippen LogP contribution in [-0.4, -0.2) is 11.8 Å². The second kappa shape index (κ2) is 4.41. The molecule has 0 spiro atoms. The number of allylic oxidation sites excluding steroid dienone is 1. The minimum absolute atomic E-state index is 0.0386. The highest BCUT2D eigenvalue weighted by Gasteiger charge is 2.28. The van der Waals surface area contributed by atoms with Gasteiger partial charge in [-0.05, 0) is 30.4 Å². The molecule has 0 saturated carbocycles. The van der Waals surface area contributed by atoms with Gasteiger partial charge in [0.25, 0.3) is 0 Å². The van der Waals surface area contributed by atoms with Gasteiger partial charge in [0.15, 0.2) is 0 Å². The molecule has 1 N–H and O–H groups in total. The van der Waals surface area contributed by atoms with Crippen molar-refractivity contribution in [3.8, 4) is 0 Å². The Morgan fingerprint density at radius 1 is 1.22 bits per heavy atom. The van der Waals surface area contributed by atoms with Gasteiger partial charge in [-0.3, -0.25) is 14.9 Å². The predicted octanol–water partition coefficient (Wildman–Crippen LogP) is 2.07. The summed E-state index contributed by atoms with van der Waals surface area (Å²) in [6.07, 6.45) is 5.04. The zero-order valence-electron chi connectivity index (χ0n) is 10.1. The number of imide groups is 1. The van der Waals surface area contributed by atoms with Crippen LogP contribution in [0.15, 0.2) is 29.8 Å². The van der Waals surface area contributed by atoms with Gasteiger partial charge >= 0.3 is 0 Å². The fraction of sp³-hybridized carbons (Fsp3) is 0.333. The highest BCUT2D eigenvalue weighted by molar-refractivity contribution is 5.98. The Balaban J connectivity index is 1.69. The van der Waals surface area contributed by atoms with E-state index in [2.05, 4.69) is 23.5 Å². The monoisotopic (exact) mass is 241 g/mol. The molecule has 0 bridgehead atoms. The molecule has 3 rings (SSSR count). The molecule has 1 atom stereocenters. The molecule has 18 heavy (non-hydrogen) atoms. The molecule has 1 aliphatic carbocycles. The fourth-order valence-corrected chi connectivity index (χ4v) is 2.73. The summed E-state index contributed by atoms with van der Waals surface area (Å²) in [7, 11) is 0. The lowest BCUT2D eigenvalue weighted by molar-refractivity contribution is -0.136. The van der Waals surface area contributed by atoms with Crippen LogP contribution in [0, 0.1) is 5.92 Å². The zero-order valence-corrected chi connectivity index (χ0v) is 10.1. The third-order valence-electron chi connectivity index (χ3n) is 3.69. The average Bonchev–Trinajstić information content (AvgIpc) is 2.75. The van der Waals surface area contributed by atoms with Crippen molar-refractivity contribution < 1.29 is 9.59 Å². The van der Waals surface area contributed by atoms with Gasteiger partial charge in [-0.1, -0.05) is 35.9 Å². The molecule has 1 fully saturated rings. The third kappa shape index (κ3) is 2.08. The van der Waals surface area contributed by atoms with Crippen LogP contribution >= 0.6 is 0 Å². The van der Waals surface area contributed by atoms with Crippen LogP contribution in [0.1, 0.15) is 30.4 Å². The molecule has 1 heterocycles. The third-order valence-corrected chi connectivity index (χ3v) is 3.69. The van der Waals surface area contributed by atoms with Crippen molar-refractivity contribution in [3.05, 3.63) is 41.0 Å². The number of rotatable bonds is 2. The van der Waals surface area contributed by atoms with Crippen LogP contribution in [0.3, 0.4) is 0 Å². The van der Waals surface area contributed by atoms with E-state index in [4.69, 9.17) is 0 Å². The van der Waals surface area contributed by atoms with E-state index in [-0.39, 0.29) is 17.7 Å². The summed E-state index contributed by atoms with van der Waals surface area (Å²) in [6, 6.07) is 8.31.